The molecule has 2 aromatic rings. The van der Waals surface area contributed by atoms with Gasteiger partial charge in [0.15, 0.2) is 5.69 Å². The first-order chi connectivity index (χ1) is 11.1. The Morgan fingerprint density at radius 3 is 3.09 bits per heavy atom. The van der Waals surface area contributed by atoms with Crippen molar-refractivity contribution in [2.24, 2.45) is 0 Å². The van der Waals surface area contributed by atoms with Gasteiger partial charge in [0.25, 0.3) is 5.91 Å². The summed E-state index contributed by atoms with van der Waals surface area (Å²) in [4.78, 5) is 12.3. The topological polar surface area (TPSA) is 71.8 Å². The summed E-state index contributed by atoms with van der Waals surface area (Å²) in [5, 5.41) is 14.3. The molecule has 1 amide bonds. The smallest absolute Gasteiger partial charge is 0.274 e. The summed E-state index contributed by atoms with van der Waals surface area (Å²) in [5.41, 5.74) is 3.19. The molecule has 0 spiro atoms. The molecule has 3 rings (SSSR count). The number of amides is 1. The van der Waals surface area contributed by atoms with Crippen LogP contribution in [0.1, 0.15) is 22.6 Å². The third-order valence-electron chi connectivity index (χ3n) is 3.80. The Kier molecular flexibility index (Phi) is 4.88. The number of benzene rings is 1. The monoisotopic (exact) mass is 375 g/mol. The minimum atomic E-state index is -0.192. The van der Waals surface area contributed by atoms with Crippen molar-refractivity contribution in [1.29, 1.82) is 0 Å². The second kappa shape index (κ2) is 7.06. The van der Waals surface area contributed by atoms with Crippen LogP contribution in [0.4, 0.5) is 0 Å². The zero-order chi connectivity index (χ0) is 16.2. The number of carbonyl (C=O) groups excluding carboxylic acids is 1. The Labute approximate surface area is 143 Å². The van der Waals surface area contributed by atoms with E-state index in [1.54, 1.807) is 4.68 Å². The summed E-state index contributed by atoms with van der Waals surface area (Å²) in [5.74, 6) is -0.192. The molecule has 1 aliphatic rings. The van der Waals surface area contributed by atoms with Crippen molar-refractivity contribution in [1.82, 2.24) is 25.6 Å². The number of rotatable bonds is 4. The summed E-state index contributed by atoms with van der Waals surface area (Å²) in [6, 6.07) is 7.72. The lowest BCUT2D eigenvalue weighted by molar-refractivity contribution is 0.0951. The van der Waals surface area contributed by atoms with Crippen LogP contribution in [0, 0.1) is 6.92 Å². The molecule has 0 saturated heterocycles. The maximum atomic E-state index is 12.3. The molecule has 0 unspecified atom stereocenters. The molecule has 23 heavy (non-hydrogen) atoms. The highest BCUT2D eigenvalue weighted by Crippen LogP contribution is 2.17. The fourth-order valence-electron chi connectivity index (χ4n) is 2.50. The molecule has 0 radical (unpaired) electrons. The van der Waals surface area contributed by atoms with E-state index in [2.05, 4.69) is 43.0 Å². The van der Waals surface area contributed by atoms with Crippen molar-refractivity contribution in [2.75, 3.05) is 19.6 Å². The van der Waals surface area contributed by atoms with Crippen LogP contribution in [0.25, 0.3) is 5.69 Å². The number of hydrogen-bond acceptors (Lipinski definition) is 4. The lowest BCUT2D eigenvalue weighted by atomic mass is 10.1. The highest BCUT2D eigenvalue weighted by atomic mass is 79.9. The van der Waals surface area contributed by atoms with Crippen molar-refractivity contribution >= 4 is 21.8 Å². The maximum absolute atomic E-state index is 12.3. The summed E-state index contributed by atoms with van der Waals surface area (Å²) in [6.45, 7) is 4.23. The number of nitrogens with zero attached hydrogens (tertiary/aromatic N) is 3. The molecule has 1 aromatic carbocycles. The van der Waals surface area contributed by atoms with E-state index >= 15 is 0 Å². The molecule has 2 N–H and O–H groups in total. The van der Waals surface area contributed by atoms with Crippen molar-refractivity contribution in [3.05, 3.63) is 51.8 Å². The van der Waals surface area contributed by atoms with E-state index in [4.69, 9.17) is 0 Å². The maximum Gasteiger partial charge on any atom is 0.274 e. The van der Waals surface area contributed by atoms with E-state index in [1.807, 2.05) is 31.2 Å². The zero-order valence-corrected chi connectivity index (χ0v) is 14.4. The third-order valence-corrected chi connectivity index (χ3v) is 4.29. The van der Waals surface area contributed by atoms with Gasteiger partial charge in [-0.1, -0.05) is 38.9 Å². The van der Waals surface area contributed by atoms with Crippen molar-refractivity contribution in [3.8, 4) is 5.69 Å². The molecule has 0 fully saturated rings. The van der Waals surface area contributed by atoms with Gasteiger partial charge in [0.2, 0.25) is 0 Å². The second-order valence-electron chi connectivity index (χ2n) is 5.41. The normalized spacial score (nSPS) is 14.4. The lowest BCUT2D eigenvalue weighted by Crippen LogP contribution is -2.30. The number of aromatic nitrogens is 3. The van der Waals surface area contributed by atoms with Gasteiger partial charge in [0.05, 0.1) is 11.4 Å². The first kappa shape index (κ1) is 15.9. The van der Waals surface area contributed by atoms with Gasteiger partial charge in [0.1, 0.15) is 0 Å². The number of hydrogen-bond donors (Lipinski definition) is 2. The van der Waals surface area contributed by atoms with Crippen molar-refractivity contribution < 1.29 is 4.79 Å². The highest BCUT2D eigenvalue weighted by Gasteiger charge is 2.17. The number of halogens is 1. The first-order valence-corrected chi connectivity index (χ1v) is 8.29. The van der Waals surface area contributed by atoms with Gasteiger partial charge in [0, 0.05) is 17.6 Å². The van der Waals surface area contributed by atoms with Crippen LogP contribution in [0.15, 0.2) is 40.4 Å². The Hall–Kier alpha value is -1.99. The third kappa shape index (κ3) is 3.68. The quantitative estimate of drug-likeness (QED) is 0.801. The van der Waals surface area contributed by atoms with Gasteiger partial charge in [-0.25, -0.2) is 4.68 Å². The molecule has 6 nitrogen and oxygen atoms in total. The van der Waals surface area contributed by atoms with E-state index in [0.717, 1.165) is 35.4 Å². The number of carbonyl (C=O) groups is 1. The van der Waals surface area contributed by atoms with E-state index in [0.29, 0.717) is 12.2 Å². The zero-order valence-electron chi connectivity index (χ0n) is 12.8. The Morgan fingerprint density at radius 1 is 1.48 bits per heavy atom. The van der Waals surface area contributed by atoms with E-state index in [9.17, 15) is 4.79 Å². The Balaban J connectivity index is 1.73. The molecule has 1 aromatic heterocycles. The van der Waals surface area contributed by atoms with Crippen LogP contribution in [0.2, 0.25) is 0 Å². The SMILES string of the molecule is Cc1c(C(=O)NCC2=CCNCC2)nnn1-c1cccc(Br)c1. The van der Waals surface area contributed by atoms with Crippen LogP contribution in [0.3, 0.4) is 0 Å². The van der Waals surface area contributed by atoms with Crippen molar-refractivity contribution in [3.63, 3.8) is 0 Å². The van der Waals surface area contributed by atoms with Crippen LogP contribution in [-0.2, 0) is 0 Å². The number of nitrogens with one attached hydrogen (secondary N) is 2. The van der Waals surface area contributed by atoms with Gasteiger partial charge in [-0.2, -0.15) is 0 Å². The van der Waals surface area contributed by atoms with Crippen molar-refractivity contribution in [2.45, 2.75) is 13.3 Å². The Morgan fingerprint density at radius 2 is 2.35 bits per heavy atom. The average molecular weight is 376 g/mol. The molecule has 1 aliphatic heterocycles. The molecule has 0 bridgehead atoms. The van der Waals surface area contributed by atoms with E-state index in [1.165, 1.54) is 5.57 Å². The van der Waals surface area contributed by atoms with Crippen LogP contribution in [-0.4, -0.2) is 40.5 Å². The minimum absolute atomic E-state index is 0.192. The molecule has 0 saturated carbocycles. The van der Waals surface area contributed by atoms with E-state index in [-0.39, 0.29) is 5.91 Å². The van der Waals surface area contributed by atoms with Gasteiger partial charge in [-0.05, 0) is 38.1 Å². The van der Waals surface area contributed by atoms with E-state index < -0.39 is 0 Å². The fourth-order valence-corrected chi connectivity index (χ4v) is 2.89. The standard InChI is InChI=1S/C16H18BrN5O/c1-11-15(16(23)19-10-12-5-7-18-8-6-12)20-21-22(11)14-4-2-3-13(17)9-14/h2-5,9,18H,6-8,10H2,1H3,(H,19,23). The van der Waals surface area contributed by atoms with Crippen LogP contribution in [0.5, 0.6) is 0 Å². The predicted octanol–water partition coefficient (Wildman–Crippen LogP) is 1.99. The van der Waals surface area contributed by atoms with Crippen LogP contribution >= 0.6 is 15.9 Å². The molecule has 2 heterocycles. The minimum Gasteiger partial charge on any atom is -0.347 e. The largest absolute Gasteiger partial charge is 0.347 e. The lowest BCUT2D eigenvalue weighted by Gasteiger charge is -2.14. The Bertz CT molecular complexity index is 753. The summed E-state index contributed by atoms with van der Waals surface area (Å²) < 4.78 is 2.62. The molecular formula is C16H18BrN5O. The predicted molar refractivity (Wildman–Crippen MR) is 91.7 cm³/mol. The fraction of sp³-hybridized carbons (Fsp3) is 0.312. The summed E-state index contributed by atoms with van der Waals surface area (Å²) in [6.07, 6.45) is 3.08. The summed E-state index contributed by atoms with van der Waals surface area (Å²) in [7, 11) is 0. The highest BCUT2D eigenvalue weighted by molar-refractivity contribution is 9.10. The van der Waals surface area contributed by atoms with Crippen LogP contribution < -0.4 is 10.6 Å². The molecule has 0 aliphatic carbocycles. The van der Waals surface area contributed by atoms with Gasteiger partial charge >= 0.3 is 0 Å². The first-order valence-electron chi connectivity index (χ1n) is 7.50. The molecule has 120 valence electrons. The summed E-state index contributed by atoms with van der Waals surface area (Å²) >= 11 is 3.44. The molecule has 7 heteroatoms. The average Bonchev–Trinajstić information content (AvgIpc) is 2.95. The van der Waals surface area contributed by atoms with Gasteiger partial charge in [-0.15, -0.1) is 5.10 Å². The molecule has 0 atom stereocenters. The van der Waals surface area contributed by atoms with Gasteiger partial charge < -0.3 is 10.6 Å². The van der Waals surface area contributed by atoms with Gasteiger partial charge in [-0.3, -0.25) is 4.79 Å². The molecular weight excluding hydrogens is 358 g/mol. The second-order valence-corrected chi connectivity index (χ2v) is 6.33.